The normalized spacial score (nSPS) is 10.3. The monoisotopic (exact) mass is 292 g/mol. The van der Waals surface area contributed by atoms with Crippen molar-refractivity contribution in [1.82, 2.24) is 9.97 Å². The lowest BCUT2D eigenvalue weighted by atomic mass is 10.2. The third-order valence-electron chi connectivity index (χ3n) is 2.34. The fourth-order valence-electron chi connectivity index (χ4n) is 1.47. The van der Waals surface area contributed by atoms with Gasteiger partial charge in [-0.05, 0) is 47.0 Å². The molecule has 0 amide bonds. The molecule has 1 aromatic heterocycles. The Balaban J connectivity index is 2.19. The van der Waals surface area contributed by atoms with Crippen LogP contribution < -0.4 is 4.74 Å². The zero-order chi connectivity index (χ0) is 12.3. The van der Waals surface area contributed by atoms with Crippen LogP contribution in [0.4, 0.5) is 0 Å². The third-order valence-corrected chi connectivity index (χ3v) is 2.74. The van der Waals surface area contributed by atoms with Crippen molar-refractivity contribution in [1.29, 1.82) is 0 Å². The molecule has 0 unspecified atom stereocenters. The Bertz CT molecular complexity index is 491. The van der Waals surface area contributed by atoms with Gasteiger partial charge in [-0.15, -0.1) is 0 Å². The highest BCUT2D eigenvalue weighted by atomic mass is 79.9. The first-order chi connectivity index (χ1) is 8.17. The van der Waals surface area contributed by atoms with Crippen molar-refractivity contribution in [3.05, 3.63) is 46.3 Å². The summed E-state index contributed by atoms with van der Waals surface area (Å²) in [6.45, 7) is 3.96. The average molecular weight is 293 g/mol. The van der Waals surface area contributed by atoms with Crippen LogP contribution in [-0.4, -0.2) is 9.97 Å². The van der Waals surface area contributed by atoms with Gasteiger partial charge in [0.25, 0.3) is 0 Å². The van der Waals surface area contributed by atoms with E-state index < -0.39 is 0 Å². The molecule has 0 atom stereocenters. The van der Waals surface area contributed by atoms with E-state index in [9.17, 15) is 0 Å². The molecule has 1 aromatic carbocycles. The van der Waals surface area contributed by atoms with Gasteiger partial charge >= 0.3 is 0 Å². The average Bonchev–Trinajstić information content (AvgIpc) is 2.28. The van der Waals surface area contributed by atoms with Crippen LogP contribution in [0.2, 0.25) is 0 Å². The van der Waals surface area contributed by atoms with E-state index in [1.54, 1.807) is 6.07 Å². The van der Waals surface area contributed by atoms with Crippen LogP contribution in [0.1, 0.15) is 18.3 Å². The number of aryl methyl sites for hydroxylation is 2. The maximum Gasteiger partial charge on any atom is 0.223 e. The van der Waals surface area contributed by atoms with Crippen LogP contribution in [0.3, 0.4) is 0 Å². The minimum absolute atomic E-state index is 0.550. The number of aromatic nitrogens is 2. The fraction of sp³-hybridized carbons (Fsp3) is 0.231. The van der Waals surface area contributed by atoms with Crippen LogP contribution in [0.5, 0.6) is 11.6 Å². The highest BCUT2D eigenvalue weighted by Crippen LogP contribution is 2.22. The molecular formula is C13H13BrN2O. The summed E-state index contributed by atoms with van der Waals surface area (Å²) in [5, 5.41) is 0. The van der Waals surface area contributed by atoms with Gasteiger partial charge in [0, 0.05) is 6.07 Å². The molecule has 0 radical (unpaired) electrons. The van der Waals surface area contributed by atoms with Gasteiger partial charge < -0.3 is 4.74 Å². The Hall–Kier alpha value is -1.42. The fourth-order valence-corrected chi connectivity index (χ4v) is 1.92. The third kappa shape index (κ3) is 3.27. The molecule has 88 valence electrons. The van der Waals surface area contributed by atoms with Gasteiger partial charge in [0.05, 0.1) is 0 Å². The predicted molar refractivity (Wildman–Crippen MR) is 70.4 cm³/mol. The lowest BCUT2D eigenvalue weighted by Crippen LogP contribution is -1.93. The number of nitrogens with zero attached hydrogens (tertiary/aromatic N) is 2. The zero-order valence-corrected chi connectivity index (χ0v) is 11.4. The largest absolute Gasteiger partial charge is 0.439 e. The lowest BCUT2D eigenvalue weighted by Gasteiger charge is -2.06. The quantitative estimate of drug-likeness (QED) is 0.805. The van der Waals surface area contributed by atoms with E-state index in [-0.39, 0.29) is 0 Å². The molecule has 0 N–H and O–H groups in total. The van der Waals surface area contributed by atoms with Gasteiger partial charge in [-0.25, -0.2) is 4.98 Å². The molecule has 0 aliphatic rings. The van der Waals surface area contributed by atoms with Crippen molar-refractivity contribution >= 4 is 15.9 Å². The first kappa shape index (κ1) is 12.0. The van der Waals surface area contributed by atoms with E-state index in [1.165, 1.54) is 5.56 Å². The van der Waals surface area contributed by atoms with Crippen molar-refractivity contribution in [3.63, 3.8) is 0 Å². The summed E-state index contributed by atoms with van der Waals surface area (Å²) in [6.07, 6.45) is 1.03. The second-order valence-electron chi connectivity index (χ2n) is 3.68. The van der Waals surface area contributed by atoms with Crippen molar-refractivity contribution in [2.45, 2.75) is 20.3 Å². The molecule has 3 nitrogen and oxygen atoms in total. The van der Waals surface area contributed by atoms with Crippen molar-refractivity contribution < 1.29 is 4.74 Å². The molecule has 0 bridgehead atoms. The molecule has 0 aliphatic heterocycles. The summed E-state index contributed by atoms with van der Waals surface area (Å²) in [5.74, 6) is 2.01. The van der Waals surface area contributed by atoms with Gasteiger partial charge in [0.1, 0.15) is 16.2 Å². The van der Waals surface area contributed by atoms with E-state index in [0.717, 1.165) is 16.8 Å². The maximum atomic E-state index is 5.66. The van der Waals surface area contributed by atoms with Crippen LogP contribution >= 0.6 is 15.9 Å². The lowest BCUT2D eigenvalue weighted by molar-refractivity contribution is 0.459. The number of hydrogen-bond acceptors (Lipinski definition) is 3. The smallest absolute Gasteiger partial charge is 0.223 e. The van der Waals surface area contributed by atoms with Gasteiger partial charge in [0.15, 0.2) is 0 Å². The second kappa shape index (κ2) is 5.27. The van der Waals surface area contributed by atoms with Gasteiger partial charge in [-0.1, -0.05) is 19.1 Å². The minimum atomic E-state index is 0.550. The first-order valence-electron chi connectivity index (χ1n) is 5.45. The molecule has 0 saturated carbocycles. The van der Waals surface area contributed by atoms with Gasteiger partial charge in [-0.3, -0.25) is 0 Å². The number of benzene rings is 1. The maximum absolute atomic E-state index is 5.66. The van der Waals surface area contributed by atoms with Crippen LogP contribution in [0.25, 0.3) is 0 Å². The van der Waals surface area contributed by atoms with E-state index in [2.05, 4.69) is 45.0 Å². The zero-order valence-electron chi connectivity index (χ0n) is 9.77. The first-order valence-corrected chi connectivity index (χ1v) is 6.24. The summed E-state index contributed by atoms with van der Waals surface area (Å²) in [6, 6.07) is 9.76. The summed E-state index contributed by atoms with van der Waals surface area (Å²) < 4.78 is 6.39. The summed E-state index contributed by atoms with van der Waals surface area (Å²) in [4.78, 5) is 8.34. The Kier molecular flexibility index (Phi) is 3.74. The van der Waals surface area contributed by atoms with E-state index in [0.29, 0.717) is 11.7 Å². The molecule has 1 heterocycles. The van der Waals surface area contributed by atoms with E-state index in [1.807, 2.05) is 19.1 Å². The SMILES string of the molecule is CCc1ccc(Oc2cc(Br)nc(C)n2)cc1. The highest BCUT2D eigenvalue weighted by molar-refractivity contribution is 9.10. The molecule has 4 heteroatoms. The predicted octanol–water partition coefficient (Wildman–Crippen LogP) is 3.90. The summed E-state index contributed by atoms with van der Waals surface area (Å²) in [7, 11) is 0. The second-order valence-corrected chi connectivity index (χ2v) is 4.49. The van der Waals surface area contributed by atoms with Crippen LogP contribution in [-0.2, 0) is 6.42 Å². The summed E-state index contributed by atoms with van der Waals surface area (Å²) in [5.41, 5.74) is 1.29. The van der Waals surface area contributed by atoms with Gasteiger partial charge in [0.2, 0.25) is 5.88 Å². The Labute approximate surface area is 109 Å². The standard InChI is InChI=1S/C13H13BrN2O/c1-3-10-4-6-11(7-5-10)17-13-8-12(14)15-9(2)16-13/h4-8H,3H2,1-2H3. The topological polar surface area (TPSA) is 35.0 Å². The molecule has 0 aliphatic carbocycles. The number of ether oxygens (including phenoxy) is 1. The number of rotatable bonds is 3. The van der Waals surface area contributed by atoms with Crippen molar-refractivity contribution in [2.75, 3.05) is 0 Å². The van der Waals surface area contributed by atoms with Crippen molar-refractivity contribution in [3.8, 4) is 11.6 Å². The molecular weight excluding hydrogens is 280 g/mol. The Morgan fingerprint density at radius 1 is 1.18 bits per heavy atom. The molecule has 0 spiro atoms. The Morgan fingerprint density at radius 2 is 1.88 bits per heavy atom. The molecule has 2 rings (SSSR count). The molecule has 2 aromatic rings. The molecule has 0 fully saturated rings. The van der Waals surface area contributed by atoms with Crippen LogP contribution in [0.15, 0.2) is 34.9 Å². The number of halogens is 1. The molecule has 17 heavy (non-hydrogen) atoms. The molecule has 0 saturated heterocycles. The van der Waals surface area contributed by atoms with E-state index in [4.69, 9.17) is 4.74 Å². The minimum Gasteiger partial charge on any atom is -0.439 e. The van der Waals surface area contributed by atoms with Crippen molar-refractivity contribution in [2.24, 2.45) is 0 Å². The summed E-state index contributed by atoms with van der Waals surface area (Å²) >= 11 is 3.32. The van der Waals surface area contributed by atoms with E-state index >= 15 is 0 Å². The Morgan fingerprint density at radius 3 is 2.47 bits per heavy atom. The van der Waals surface area contributed by atoms with Crippen LogP contribution in [0, 0.1) is 6.92 Å². The highest BCUT2D eigenvalue weighted by Gasteiger charge is 2.02. The van der Waals surface area contributed by atoms with Gasteiger partial charge in [-0.2, -0.15) is 4.98 Å². The number of hydrogen-bond donors (Lipinski definition) is 0.